The molecule has 0 spiro atoms. The first-order valence-electron chi connectivity index (χ1n) is 15.0. The monoisotopic (exact) mass is 719 g/mol. The number of pyridine rings is 1. The Hall–Kier alpha value is -4.15. The summed E-state index contributed by atoms with van der Waals surface area (Å²) in [4.78, 5) is 32.9. The number of carbonyl (C=O) groups excluding carboxylic acids is 2. The van der Waals surface area contributed by atoms with Crippen LogP contribution in [0.2, 0.25) is 0 Å². The molecule has 2 aromatic carbocycles. The van der Waals surface area contributed by atoms with Crippen LogP contribution in [-0.4, -0.2) is 66.0 Å². The molecule has 2 amide bonds. The van der Waals surface area contributed by atoms with Crippen molar-refractivity contribution < 1.29 is 57.5 Å². The number of nitrogens with zero attached hydrogens (tertiary/aromatic N) is 3. The Labute approximate surface area is 273 Å². The first kappa shape index (κ1) is 34.7. The van der Waals surface area contributed by atoms with E-state index in [-0.39, 0.29) is 50.9 Å². The third-order valence-electron chi connectivity index (χ3n) is 9.64. The van der Waals surface area contributed by atoms with E-state index in [4.69, 9.17) is 0 Å². The number of aromatic nitrogens is 1. The molecule has 0 bridgehead atoms. The molecular formula is C32H26F9N3O4S. The van der Waals surface area contributed by atoms with Crippen LogP contribution in [-0.2, 0) is 42.8 Å². The van der Waals surface area contributed by atoms with Gasteiger partial charge in [0.15, 0.2) is 9.84 Å². The quantitative estimate of drug-likeness (QED) is 0.229. The van der Waals surface area contributed by atoms with Gasteiger partial charge in [-0.05, 0) is 79.3 Å². The molecule has 0 saturated carbocycles. The Kier molecular flexibility index (Phi) is 8.31. The minimum Gasteiger partial charge on any atom is -0.336 e. The molecule has 2 fully saturated rings. The summed E-state index contributed by atoms with van der Waals surface area (Å²) in [7, 11) is -4.74. The number of alkyl halides is 7. The number of amides is 2. The zero-order chi connectivity index (χ0) is 35.7. The number of sulfone groups is 1. The van der Waals surface area contributed by atoms with Gasteiger partial charge in [0.1, 0.15) is 22.4 Å². The summed E-state index contributed by atoms with van der Waals surface area (Å²) >= 11 is 0. The molecule has 7 nitrogen and oxygen atoms in total. The Balaban J connectivity index is 1.44. The largest absolute Gasteiger partial charge is 0.436 e. The molecule has 49 heavy (non-hydrogen) atoms. The van der Waals surface area contributed by atoms with Gasteiger partial charge in [-0.3, -0.25) is 14.6 Å². The minimum absolute atomic E-state index is 0.00860. The number of hydrogen-bond acceptors (Lipinski definition) is 5. The summed E-state index contributed by atoms with van der Waals surface area (Å²) < 4.78 is 151. The van der Waals surface area contributed by atoms with E-state index in [1.165, 1.54) is 34.1 Å². The highest BCUT2D eigenvalue weighted by molar-refractivity contribution is 7.92. The van der Waals surface area contributed by atoms with Crippen LogP contribution in [0.25, 0.3) is 0 Å². The number of hydrogen-bond donors (Lipinski definition) is 0. The van der Waals surface area contributed by atoms with Crippen molar-refractivity contribution in [3.8, 4) is 0 Å². The van der Waals surface area contributed by atoms with Crippen molar-refractivity contribution in [3.05, 3.63) is 94.8 Å². The minimum atomic E-state index is -6.44. The fourth-order valence-corrected chi connectivity index (χ4v) is 9.59. The van der Waals surface area contributed by atoms with Crippen LogP contribution in [0.3, 0.4) is 0 Å². The van der Waals surface area contributed by atoms with Crippen LogP contribution in [0.4, 0.5) is 39.5 Å². The van der Waals surface area contributed by atoms with Crippen molar-refractivity contribution in [2.45, 2.75) is 78.4 Å². The van der Waals surface area contributed by atoms with Crippen LogP contribution in [0.15, 0.2) is 65.7 Å². The molecule has 3 atom stereocenters. The van der Waals surface area contributed by atoms with Gasteiger partial charge in [-0.1, -0.05) is 12.1 Å². The first-order valence-corrected chi connectivity index (χ1v) is 16.5. The van der Waals surface area contributed by atoms with Crippen LogP contribution in [0.1, 0.15) is 48.1 Å². The zero-order valence-electron chi connectivity index (χ0n) is 25.2. The topological polar surface area (TPSA) is 87.7 Å². The molecule has 6 rings (SSSR count). The van der Waals surface area contributed by atoms with Crippen molar-refractivity contribution >= 4 is 21.7 Å². The second-order valence-electron chi connectivity index (χ2n) is 12.3. The molecular weight excluding hydrogens is 693 g/mol. The predicted octanol–water partition coefficient (Wildman–Crippen LogP) is 6.06. The summed E-state index contributed by atoms with van der Waals surface area (Å²) in [5.41, 5.74) is -8.03. The van der Waals surface area contributed by atoms with E-state index in [9.17, 15) is 53.1 Å². The van der Waals surface area contributed by atoms with E-state index in [1.54, 1.807) is 0 Å². The molecule has 1 aromatic heterocycles. The SMILES string of the molecule is O=C([C@@H]1CCC(=O)N1Cc1ccc(F)cc1)N1CCC2(S(=O)(=O)c3ccc(F)cc3)c3ncc(C(F)(C(F)(F)F)C(F)(F)F)cc3CCC12. The smallest absolute Gasteiger partial charge is 0.336 e. The number of fused-ring (bicyclic) bond motifs is 3. The normalized spacial score (nSPS) is 23.1. The zero-order valence-corrected chi connectivity index (χ0v) is 26.0. The Morgan fingerprint density at radius 3 is 2.06 bits per heavy atom. The van der Waals surface area contributed by atoms with Crippen LogP contribution >= 0.6 is 0 Å². The highest BCUT2D eigenvalue weighted by Crippen LogP contribution is 2.56. The van der Waals surface area contributed by atoms with E-state index in [0.717, 1.165) is 24.3 Å². The maximum Gasteiger partial charge on any atom is 0.436 e. The lowest BCUT2D eigenvalue weighted by molar-refractivity contribution is -0.348. The van der Waals surface area contributed by atoms with Crippen LogP contribution in [0, 0.1) is 11.6 Å². The van der Waals surface area contributed by atoms with Crippen molar-refractivity contribution in [2.24, 2.45) is 0 Å². The molecule has 3 heterocycles. The summed E-state index contributed by atoms with van der Waals surface area (Å²) in [6, 6.07) is 6.75. The van der Waals surface area contributed by atoms with Crippen molar-refractivity contribution in [3.63, 3.8) is 0 Å². The number of carbonyl (C=O) groups is 2. The van der Waals surface area contributed by atoms with Crippen molar-refractivity contribution in [1.29, 1.82) is 0 Å². The van der Waals surface area contributed by atoms with Crippen LogP contribution < -0.4 is 0 Å². The van der Waals surface area contributed by atoms with Crippen LogP contribution in [0.5, 0.6) is 0 Å². The van der Waals surface area contributed by atoms with Crippen molar-refractivity contribution in [2.75, 3.05) is 6.54 Å². The fraction of sp³-hybridized carbons (Fsp3) is 0.406. The molecule has 3 aliphatic rings. The Bertz CT molecular complexity index is 1890. The molecule has 0 radical (unpaired) electrons. The first-order chi connectivity index (χ1) is 22.8. The molecule has 262 valence electrons. The standard InChI is InChI=1S/C32H26F9N3O4S/c33-21-4-1-18(2-5-21)17-44-24(10-12-26(44)45)28(46)43-14-13-29(49(47,48)23-8-6-22(34)7-9-23)25(43)11-3-19-15-20(16-42-27(19)29)30(35,31(36,37)38)32(39,40)41/h1-2,4-9,15-16,24-25H,3,10-14,17H2/t24-,25?,29?/m0/s1. The highest BCUT2D eigenvalue weighted by Gasteiger charge is 2.74. The lowest BCUT2D eigenvalue weighted by Crippen LogP contribution is -2.56. The molecule has 17 heteroatoms. The molecule has 2 unspecified atom stereocenters. The van der Waals surface area contributed by atoms with Gasteiger partial charge in [-0.2, -0.15) is 26.3 Å². The van der Waals surface area contributed by atoms with Gasteiger partial charge in [0.2, 0.25) is 11.8 Å². The van der Waals surface area contributed by atoms with Gasteiger partial charge in [-0.15, -0.1) is 0 Å². The van der Waals surface area contributed by atoms with Gasteiger partial charge in [-0.25, -0.2) is 21.6 Å². The second kappa shape index (κ2) is 11.7. The fourth-order valence-electron chi connectivity index (χ4n) is 7.27. The third kappa shape index (κ3) is 5.35. The second-order valence-corrected chi connectivity index (χ2v) is 14.5. The number of aryl methyl sites for hydroxylation is 1. The maximum atomic E-state index is 15.0. The molecule has 2 aliphatic heterocycles. The van der Waals surface area contributed by atoms with E-state index in [0.29, 0.717) is 11.6 Å². The highest BCUT2D eigenvalue weighted by atomic mass is 32.2. The van der Waals surface area contributed by atoms with Gasteiger partial charge >= 0.3 is 18.0 Å². The third-order valence-corrected chi connectivity index (χ3v) is 12.2. The Morgan fingerprint density at radius 1 is 0.878 bits per heavy atom. The Morgan fingerprint density at radius 2 is 1.47 bits per heavy atom. The summed E-state index contributed by atoms with van der Waals surface area (Å²) in [5.74, 6) is -2.36. The van der Waals surface area contributed by atoms with Gasteiger partial charge in [0, 0.05) is 31.3 Å². The lowest BCUT2D eigenvalue weighted by Gasteiger charge is -2.42. The maximum absolute atomic E-state index is 15.0. The lowest BCUT2D eigenvalue weighted by atomic mass is 9.80. The average Bonchev–Trinajstić information content (AvgIpc) is 3.62. The number of likely N-dealkylation sites (tertiary alicyclic amines) is 2. The van der Waals surface area contributed by atoms with E-state index in [1.807, 2.05) is 0 Å². The summed E-state index contributed by atoms with van der Waals surface area (Å²) in [6.07, 6.45) is -13.9. The van der Waals surface area contributed by atoms with Crippen molar-refractivity contribution in [1.82, 2.24) is 14.8 Å². The molecule has 0 N–H and O–H groups in total. The van der Waals surface area contributed by atoms with Gasteiger partial charge in [0.25, 0.3) is 0 Å². The number of benzene rings is 2. The average molecular weight is 720 g/mol. The van der Waals surface area contributed by atoms with E-state index in [2.05, 4.69) is 4.98 Å². The molecule has 3 aromatic rings. The van der Waals surface area contributed by atoms with E-state index < -0.39 is 90.4 Å². The molecule has 2 saturated heterocycles. The number of halogens is 9. The van der Waals surface area contributed by atoms with Gasteiger partial charge < -0.3 is 9.80 Å². The number of rotatable bonds is 6. The predicted molar refractivity (Wildman–Crippen MR) is 153 cm³/mol. The van der Waals surface area contributed by atoms with Gasteiger partial charge in [0.05, 0.1) is 16.6 Å². The summed E-state index contributed by atoms with van der Waals surface area (Å²) in [6.45, 7) is -0.330. The van der Waals surface area contributed by atoms with E-state index >= 15 is 4.39 Å². The summed E-state index contributed by atoms with van der Waals surface area (Å²) in [5, 5.41) is 0. The molecule has 1 aliphatic carbocycles.